The summed E-state index contributed by atoms with van der Waals surface area (Å²) < 4.78 is 1.39. The molecular formula is C11H17IN4S. The van der Waals surface area contributed by atoms with Gasteiger partial charge in [-0.05, 0) is 41.7 Å². The number of halogens is 1. The summed E-state index contributed by atoms with van der Waals surface area (Å²) in [6, 6.07) is 0. The van der Waals surface area contributed by atoms with Crippen LogP contribution in [0.15, 0.2) is 12.5 Å². The molecule has 94 valence electrons. The molecular weight excluding hydrogens is 347 g/mol. The molecule has 0 amide bonds. The van der Waals surface area contributed by atoms with Crippen LogP contribution < -0.4 is 10.6 Å². The maximum absolute atomic E-state index is 5.90. The largest absolute Gasteiger partial charge is 0.356 e. The second-order valence-corrected chi connectivity index (χ2v) is 6.71. The molecule has 2 heterocycles. The van der Waals surface area contributed by atoms with E-state index in [2.05, 4.69) is 43.7 Å². The summed E-state index contributed by atoms with van der Waals surface area (Å²) in [6.45, 7) is 2.83. The van der Waals surface area contributed by atoms with E-state index in [1.54, 1.807) is 6.33 Å². The molecule has 0 aliphatic carbocycles. The smallest absolute Gasteiger partial charge is 0.145 e. The third-order valence-electron chi connectivity index (χ3n) is 3.43. The number of hydrogen-bond acceptors (Lipinski definition) is 5. The second kappa shape index (κ2) is 5.71. The maximum Gasteiger partial charge on any atom is 0.145 e. The maximum atomic E-state index is 5.90. The highest BCUT2D eigenvalue weighted by Gasteiger charge is 2.33. The molecule has 0 saturated carbocycles. The molecule has 2 rings (SSSR count). The summed E-state index contributed by atoms with van der Waals surface area (Å²) >= 11 is 4.20. The number of nitrogens with zero attached hydrogens (tertiary/aromatic N) is 3. The minimum absolute atomic E-state index is 0.273. The molecule has 1 saturated heterocycles. The molecule has 1 fully saturated rings. The summed E-state index contributed by atoms with van der Waals surface area (Å²) in [5.41, 5.74) is 5.90. The minimum Gasteiger partial charge on any atom is -0.356 e. The molecule has 17 heavy (non-hydrogen) atoms. The Hall–Kier alpha value is -0.0800. The number of rotatable bonds is 3. The van der Waals surface area contributed by atoms with Crippen LogP contribution in [-0.4, -0.2) is 40.6 Å². The number of hydrogen-bond donors (Lipinski definition) is 1. The quantitative estimate of drug-likeness (QED) is 0.829. The van der Waals surface area contributed by atoms with Crippen molar-refractivity contribution in [2.45, 2.75) is 17.6 Å². The van der Waals surface area contributed by atoms with Crippen molar-refractivity contribution in [1.82, 2.24) is 9.97 Å². The molecule has 4 nitrogen and oxygen atoms in total. The fraction of sp³-hybridized carbons (Fsp3) is 0.636. The summed E-state index contributed by atoms with van der Waals surface area (Å²) in [5.74, 6) is 1.06. The van der Waals surface area contributed by atoms with Gasteiger partial charge in [-0.15, -0.1) is 0 Å². The lowest BCUT2D eigenvalue weighted by Crippen LogP contribution is -2.47. The first-order valence-corrected chi connectivity index (χ1v) is 7.97. The highest BCUT2D eigenvalue weighted by molar-refractivity contribution is 14.1. The van der Waals surface area contributed by atoms with Crippen LogP contribution in [0.4, 0.5) is 5.82 Å². The fourth-order valence-electron chi connectivity index (χ4n) is 2.16. The number of nitrogens with two attached hydrogens (primary N) is 1. The lowest BCUT2D eigenvalue weighted by Gasteiger charge is -2.40. The van der Waals surface area contributed by atoms with Crippen molar-refractivity contribution in [2.24, 2.45) is 5.73 Å². The lowest BCUT2D eigenvalue weighted by atomic mass is 9.96. The third-order valence-corrected chi connectivity index (χ3v) is 5.63. The van der Waals surface area contributed by atoms with Gasteiger partial charge in [-0.3, -0.25) is 0 Å². The van der Waals surface area contributed by atoms with E-state index in [1.807, 2.05) is 18.0 Å². The predicted molar refractivity (Wildman–Crippen MR) is 81.5 cm³/mol. The van der Waals surface area contributed by atoms with Gasteiger partial charge in [0.15, 0.2) is 0 Å². The van der Waals surface area contributed by atoms with E-state index >= 15 is 0 Å². The first-order chi connectivity index (χ1) is 8.21. The Kier molecular flexibility index (Phi) is 4.48. The molecule has 1 aromatic heterocycles. The van der Waals surface area contributed by atoms with Crippen molar-refractivity contribution in [3.8, 4) is 0 Å². The van der Waals surface area contributed by atoms with Gasteiger partial charge in [0, 0.05) is 30.6 Å². The topological polar surface area (TPSA) is 55.0 Å². The first kappa shape index (κ1) is 13.4. The average molecular weight is 364 g/mol. The second-order valence-electron chi connectivity index (χ2n) is 4.27. The molecule has 0 bridgehead atoms. The number of aromatic nitrogens is 2. The van der Waals surface area contributed by atoms with Gasteiger partial charge in [0.05, 0.1) is 3.57 Å². The van der Waals surface area contributed by atoms with Gasteiger partial charge < -0.3 is 10.6 Å². The fourth-order valence-corrected chi connectivity index (χ4v) is 3.56. The number of anilines is 1. The predicted octanol–water partition coefficient (Wildman–Crippen LogP) is 1.74. The molecule has 0 unspecified atom stereocenters. The van der Waals surface area contributed by atoms with E-state index in [9.17, 15) is 0 Å². The van der Waals surface area contributed by atoms with Gasteiger partial charge in [0.2, 0.25) is 0 Å². The molecule has 6 heteroatoms. The van der Waals surface area contributed by atoms with Gasteiger partial charge in [-0.25, -0.2) is 9.97 Å². The minimum atomic E-state index is 0.273. The Bertz CT molecular complexity index is 373. The molecule has 1 aliphatic rings. The van der Waals surface area contributed by atoms with Crippen molar-refractivity contribution >= 4 is 40.2 Å². The summed E-state index contributed by atoms with van der Waals surface area (Å²) in [4.78, 5) is 10.7. The summed E-state index contributed by atoms with van der Waals surface area (Å²) in [5, 5.41) is 0. The molecule has 0 aromatic carbocycles. The van der Waals surface area contributed by atoms with E-state index in [0.717, 1.165) is 41.9 Å². The van der Waals surface area contributed by atoms with Crippen molar-refractivity contribution in [3.05, 3.63) is 16.1 Å². The molecule has 0 spiro atoms. The van der Waals surface area contributed by atoms with Crippen molar-refractivity contribution in [1.29, 1.82) is 0 Å². The van der Waals surface area contributed by atoms with E-state index in [4.69, 9.17) is 5.73 Å². The van der Waals surface area contributed by atoms with E-state index in [0.29, 0.717) is 0 Å². The zero-order valence-corrected chi connectivity index (χ0v) is 12.9. The third kappa shape index (κ3) is 2.85. The Morgan fingerprint density at radius 3 is 2.76 bits per heavy atom. The van der Waals surface area contributed by atoms with Crippen molar-refractivity contribution < 1.29 is 0 Å². The van der Waals surface area contributed by atoms with E-state index < -0.39 is 0 Å². The Morgan fingerprint density at radius 1 is 1.53 bits per heavy atom. The van der Waals surface area contributed by atoms with Gasteiger partial charge in [0.1, 0.15) is 12.1 Å². The average Bonchev–Trinajstić information content (AvgIpc) is 2.40. The zero-order valence-electron chi connectivity index (χ0n) is 9.90. The summed E-state index contributed by atoms with van der Waals surface area (Å²) in [7, 11) is 0. The van der Waals surface area contributed by atoms with E-state index in [-0.39, 0.29) is 4.75 Å². The van der Waals surface area contributed by atoms with Crippen LogP contribution in [0.2, 0.25) is 0 Å². The first-order valence-electron chi connectivity index (χ1n) is 5.66. The van der Waals surface area contributed by atoms with Crippen LogP contribution in [0, 0.1) is 3.57 Å². The van der Waals surface area contributed by atoms with Crippen LogP contribution in [0.5, 0.6) is 0 Å². The molecule has 2 N–H and O–H groups in total. The van der Waals surface area contributed by atoms with Crippen LogP contribution in [0.25, 0.3) is 0 Å². The molecule has 0 atom stereocenters. The highest BCUT2D eigenvalue weighted by Crippen LogP contribution is 2.35. The Morgan fingerprint density at radius 2 is 2.24 bits per heavy atom. The Labute approximate surface area is 120 Å². The molecule has 1 aromatic rings. The molecule has 1 aliphatic heterocycles. The van der Waals surface area contributed by atoms with Crippen LogP contribution in [0.3, 0.4) is 0 Å². The zero-order chi connectivity index (χ0) is 12.3. The van der Waals surface area contributed by atoms with Crippen LogP contribution >= 0.6 is 34.4 Å². The van der Waals surface area contributed by atoms with Gasteiger partial charge in [0.25, 0.3) is 0 Å². The SMILES string of the molecule is CSC1(CN)CCN(c2ncncc2I)CC1. The standard InChI is InChI=1S/C11H17IN4S/c1-17-11(7-13)2-4-16(5-3-11)10-9(12)6-14-8-15-10/h6,8H,2-5,7,13H2,1H3. The highest BCUT2D eigenvalue weighted by atomic mass is 127. The van der Waals surface area contributed by atoms with Gasteiger partial charge in [-0.1, -0.05) is 0 Å². The van der Waals surface area contributed by atoms with Gasteiger partial charge in [-0.2, -0.15) is 11.8 Å². The van der Waals surface area contributed by atoms with Crippen LogP contribution in [-0.2, 0) is 0 Å². The monoisotopic (exact) mass is 364 g/mol. The van der Waals surface area contributed by atoms with Crippen molar-refractivity contribution in [2.75, 3.05) is 30.8 Å². The normalized spacial score (nSPS) is 19.4. The van der Waals surface area contributed by atoms with Crippen molar-refractivity contribution in [3.63, 3.8) is 0 Å². The number of piperidine rings is 1. The number of thioether (sulfide) groups is 1. The lowest BCUT2D eigenvalue weighted by molar-refractivity contribution is 0.454. The molecule has 0 radical (unpaired) electrons. The van der Waals surface area contributed by atoms with Crippen LogP contribution in [0.1, 0.15) is 12.8 Å². The van der Waals surface area contributed by atoms with E-state index in [1.165, 1.54) is 0 Å². The Balaban J connectivity index is 2.07. The van der Waals surface area contributed by atoms with Gasteiger partial charge >= 0.3 is 0 Å². The summed E-state index contributed by atoms with van der Waals surface area (Å²) in [6.07, 6.45) is 7.91.